The first kappa shape index (κ1) is 14.7. The number of benzene rings is 1. The number of aliphatic hydroxyl groups excluding tert-OH is 1. The Morgan fingerprint density at radius 1 is 1.39 bits per heavy atom. The van der Waals surface area contributed by atoms with E-state index in [9.17, 15) is 0 Å². The molecule has 1 atom stereocenters. The van der Waals surface area contributed by atoms with Gasteiger partial charge in [0.05, 0.1) is 13.2 Å². The lowest BCUT2D eigenvalue weighted by molar-refractivity contribution is 0.170. The zero-order valence-electron chi connectivity index (χ0n) is 10.7. The summed E-state index contributed by atoms with van der Waals surface area (Å²) in [6, 6.07) is 5.35. The summed E-state index contributed by atoms with van der Waals surface area (Å²) >= 11 is 4.92. The van der Waals surface area contributed by atoms with Gasteiger partial charge in [0.2, 0.25) is 0 Å². The average Bonchev–Trinajstić information content (AvgIpc) is 2.36. The highest BCUT2D eigenvalue weighted by atomic mass is 32.1. The molecule has 0 heterocycles. The van der Waals surface area contributed by atoms with Crippen molar-refractivity contribution in [2.75, 3.05) is 19.8 Å². The molecule has 1 unspecified atom stereocenters. The Bertz CT molecular complexity index is 409. The Labute approximate surface area is 113 Å². The maximum Gasteiger partial charge on any atom is 0.161 e. The zero-order chi connectivity index (χ0) is 13.5. The van der Waals surface area contributed by atoms with E-state index in [1.807, 2.05) is 13.8 Å². The van der Waals surface area contributed by atoms with E-state index in [4.69, 9.17) is 32.5 Å². The minimum atomic E-state index is 0.0785. The van der Waals surface area contributed by atoms with Gasteiger partial charge in [0.1, 0.15) is 4.99 Å². The van der Waals surface area contributed by atoms with Crippen molar-refractivity contribution in [2.45, 2.75) is 13.8 Å². The van der Waals surface area contributed by atoms with Crippen molar-refractivity contribution in [3.8, 4) is 11.5 Å². The summed E-state index contributed by atoms with van der Waals surface area (Å²) in [5.74, 6) is 1.33. The smallest absolute Gasteiger partial charge is 0.161 e. The van der Waals surface area contributed by atoms with Crippen LogP contribution < -0.4 is 15.2 Å². The lowest BCUT2D eigenvalue weighted by Gasteiger charge is -2.15. The third kappa shape index (κ3) is 4.16. The zero-order valence-corrected chi connectivity index (χ0v) is 11.5. The van der Waals surface area contributed by atoms with Crippen molar-refractivity contribution in [1.82, 2.24) is 0 Å². The molecular formula is C13H19NO3S. The van der Waals surface area contributed by atoms with E-state index < -0.39 is 0 Å². The van der Waals surface area contributed by atoms with E-state index in [2.05, 4.69) is 0 Å². The predicted octanol–water partition coefficient (Wildman–Crippen LogP) is 1.73. The van der Waals surface area contributed by atoms with Crippen LogP contribution in [0.2, 0.25) is 0 Å². The molecular weight excluding hydrogens is 250 g/mol. The Kier molecular flexibility index (Phi) is 5.88. The van der Waals surface area contributed by atoms with E-state index in [0.29, 0.717) is 29.7 Å². The maximum atomic E-state index is 8.96. The summed E-state index contributed by atoms with van der Waals surface area (Å²) in [6.45, 7) is 4.86. The maximum absolute atomic E-state index is 8.96. The number of hydrogen-bond donors (Lipinski definition) is 2. The number of rotatable bonds is 7. The Balaban J connectivity index is 2.85. The SMILES string of the molecule is CCOc1cc(C(N)=S)ccc1OCC(C)CO. The van der Waals surface area contributed by atoms with Crippen LogP contribution >= 0.6 is 12.2 Å². The van der Waals surface area contributed by atoms with Crippen LogP contribution in [0.4, 0.5) is 0 Å². The normalized spacial score (nSPS) is 11.9. The summed E-state index contributed by atoms with van der Waals surface area (Å²) in [7, 11) is 0. The fourth-order valence-electron chi connectivity index (χ4n) is 1.33. The van der Waals surface area contributed by atoms with Crippen LogP contribution in [0, 0.1) is 5.92 Å². The van der Waals surface area contributed by atoms with Gasteiger partial charge in [-0.05, 0) is 25.1 Å². The van der Waals surface area contributed by atoms with Gasteiger partial charge >= 0.3 is 0 Å². The second kappa shape index (κ2) is 7.18. The molecule has 0 amide bonds. The fraction of sp³-hybridized carbons (Fsp3) is 0.462. The molecule has 0 bridgehead atoms. The van der Waals surface area contributed by atoms with Gasteiger partial charge < -0.3 is 20.3 Å². The van der Waals surface area contributed by atoms with E-state index in [0.717, 1.165) is 5.56 Å². The van der Waals surface area contributed by atoms with Gasteiger partial charge in [-0.3, -0.25) is 0 Å². The van der Waals surface area contributed by atoms with Crippen LogP contribution in [0.5, 0.6) is 11.5 Å². The number of nitrogens with two attached hydrogens (primary N) is 1. The van der Waals surface area contributed by atoms with Crippen molar-refractivity contribution in [3.63, 3.8) is 0 Å². The standard InChI is InChI=1S/C13H19NO3S/c1-3-16-12-6-10(13(14)18)4-5-11(12)17-8-9(2)7-15/h4-6,9,15H,3,7-8H2,1-2H3,(H2,14,18). The van der Waals surface area contributed by atoms with E-state index >= 15 is 0 Å². The third-order valence-corrected chi connectivity index (χ3v) is 2.60. The van der Waals surface area contributed by atoms with Crippen molar-refractivity contribution < 1.29 is 14.6 Å². The van der Waals surface area contributed by atoms with Crippen molar-refractivity contribution in [2.24, 2.45) is 11.7 Å². The monoisotopic (exact) mass is 269 g/mol. The summed E-state index contributed by atoms with van der Waals surface area (Å²) in [5.41, 5.74) is 6.32. The van der Waals surface area contributed by atoms with Crippen LogP contribution in [0.3, 0.4) is 0 Å². The quantitative estimate of drug-likeness (QED) is 0.738. The molecule has 3 N–H and O–H groups in total. The molecule has 100 valence electrons. The van der Waals surface area contributed by atoms with Crippen molar-refractivity contribution >= 4 is 17.2 Å². The van der Waals surface area contributed by atoms with Gasteiger partial charge in [-0.25, -0.2) is 0 Å². The number of ether oxygens (including phenoxy) is 2. The minimum absolute atomic E-state index is 0.0785. The van der Waals surface area contributed by atoms with Gasteiger partial charge in [0.25, 0.3) is 0 Å². The Morgan fingerprint density at radius 3 is 2.67 bits per heavy atom. The predicted molar refractivity (Wildman–Crippen MR) is 75.2 cm³/mol. The van der Waals surface area contributed by atoms with E-state index in [-0.39, 0.29) is 12.5 Å². The van der Waals surface area contributed by atoms with E-state index in [1.54, 1.807) is 18.2 Å². The number of aliphatic hydroxyl groups is 1. The molecule has 0 aliphatic carbocycles. The molecule has 4 nitrogen and oxygen atoms in total. The van der Waals surface area contributed by atoms with Gasteiger partial charge in [-0.2, -0.15) is 0 Å². The first-order valence-electron chi connectivity index (χ1n) is 5.88. The van der Waals surface area contributed by atoms with Crippen molar-refractivity contribution in [3.05, 3.63) is 23.8 Å². The fourth-order valence-corrected chi connectivity index (χ4v) is 1.46. The van der Waals surface area contributed by atoms with Gasteiger partial charge in [0.15, 0.2) is 11.5 Å². The molecule has 18 heavy (non-hydrogen) atoms. The minimum Gasteiger partial charge on any atom is -0.490 e. The van der Waals surface area contributed by atoms with Crippen molar-refractivity contribution in [1.29, 1.82) is 0 Å². The molecule has 5 heteroatoms. The Hall–Kier alpha value is -1.33. The number of thiocarbonyl (C=S) groups is 1. The summed E-state index contributed by atoms with van der Waals surface area (Å²) in [4.78, 5) is 0.325. The average molecular weight is 269 g/mol. The first-order valence-corrected chi connectivity index (χ1v) is 6.29. The topological polar surface area (TPSA) is 64.7 Å². The molecule has 1 aromatic carbocycles. The highest BCUT2D eigenvalue weighted by Gasteiger charge is 2.09. The molecule has 0 aromatic heterocycles. The highest BCUT2D eigenvalue weighted by molar-refractivity contribution is 7.80. The van der Waals surface area contributed by atoms with Gasteiger partial charge in [0, 0.05) is 18.1 Å². The van der Waals surface area contributed by atoms with Gasteiger partial charge in [-0.15, -0.1) is 0 Å². The summed E-state index contributed by atoms with van der Waals surface area (Å²) in [5, 5.41) is 8.96. The van der Waals surface area contributed by atoms with Crippen LogP contribution in [-0.4, -0.2) is 29.9 Å². The Morgan fingerprint density at radius 2 is 2.11 bits per heavy atom. The molecule has 0 saturated carbocycles. The first-order chi connectivity index (χ1) is 8.58. The lowest BCUT2D eigenvalue weighted by Crippen LogP contribution is -2.13. The largest absolute Gasteiger partial charge is 0.490 e. The molecule has 0 spiro atoms. The lowest BCUT2D eigenvalue weighted by atomic mass is 10.2. The van der Waals surface area contributed by atoms with Crippen LogP contribution in [-0.2, 0) is 0 Å². The van der Waals surface area contributed by atoms with Crippen LogP contribution in [0.1, 0.15) is 19.4 Å². The van der Waals surface area contributed by atoms with Crippen LogP contribution in [0.15, 0.2) is 18.2 Å². The van der Waals surface area contributed by atoms with E-state index in [1.165, 1.54) is 0 Å². The molecule has 1 rings (SSSR count). The molecule has 0 radical (unpaired) electrons. The molecule has 0 fully saturated rings. The second-order valence-corrected chi connectivity index (χ2v) is 4.50. The molecule has 1 aromatic rings. The molecule has 0 aliphatic heterocycles. The molecule has 0 saturated heterocycles. The highest BCUT2D eigenvalue weighted by Crippen LogP contribution is 2.28. The summed E-state index contributed by atoms with van der Waals surface area (Å²) < 4.78 is 11.1. The van der Waals surface area contributed by atoms with Gasteiger partial charge in [-0.1, -0.05) is 19.1 Å². The molecule has 0 aliphatic rings. The third-order valence-electron chi connectivity index (χ3n) is 2.36. The van der Waals surface area contributed by atoms with Crippen LogP contribution in [0.25, 0.3) is 0 Å². The number of hydrogen-bond acceptors (Lipinski definition) is 4. The second-order valence-electron chi connectivity index (χ2n) is 4.06. The summed E-state index contributed by atoms with van der Waals surface area (Å²) in [6.07, 6.45) is 0.